The summed E-state index contributed by atoms with van der Waals surface area (Å²) in [5.41, 5.74) is 20.2. The minimum atomic E-state index is -0.183. The first-order chi connectivity index (χ1) is 25.2. The van der Waals surface area contributed by atoms with Crippen LogP contribution in [0.25, 0.3) is 0 Å². The first kappa shape index (κ1) is 32.1. The predicted octanol–water partition coefficient (Wildman–Crippen LogP) is 13.3. The number of hydrogen-bond acceptors (Lipinski definition) is 3. The van der Waals surface area contributed by atoms with Gasteiger partial charge in [-0.3, -0.25) is 0 Å². The van der Waals surface area contributed by atoms with Gasteiger partial charge in [-0.25, -0.2) is 0 Å². The molecule has 2 aliphatic heterocycles. The molecule has 52 heavy (non-hydrogen) atoms. The highest BCUT2D eigenvalue weighted by atomic mass is 15.2. The lowest BCUT2D eigenvalue weighted by Gasteiger charge is -2.44. The molecule has 0 radical (unpaired) electrons. The molecule has 0 saturated heterocycles. The van der Waals surface area contributed by atoms with E-state index in [0.29, 0.717) is 0 Å². The van der Waals surface area contributed by atoms with Crippen LogP contribution in [0.2, 0.25) is 0 Å². The molecule has 0 fully saturated rings. The smallest absolute Gasteiger partial charge is 0.0499 e. The average molecular weight is 676 g/mol. The number of allylic oxidation sites excluding steroid dienone is 4. The van der Waals surface area contributed by atoms with E-state index in [1.165, 1.54) is 84.5 Å². The number of rotatable bonds is 6. The Morgan fingerprint density at radius 3 is 1.67 bits per heavy atom. The Hall–Kier alpha value is -5.80. The van der Waals surface area contributed by atoms with Crippen molar-refractivity contribution in [2.45, 2.75) is 59.3 Å². The fourth-order valence-electron chi connectivity index (χ4n) is 9.12. The van der Waals surface area contributed by atoms with Crippen LogP contribution in [0.15, 0.2) is 163 Å². The van der Waals surface area contributed by atoms with Crippen molar-refractivity contribution < 1.29 is 0 Å². The predicted molar refractivity (Wildman–Crippen MR) is 219 cm³/mol. The SMILES string of the molecule is Cc1cc(C)cc(N(C2=CC3=C4C(C2)c2cc(N(c5ccccc5)c5cc(C)cc(C)c5)ccc2N4c2ccccc2C3(C)C)c2ccccc2)c1. The third-order valence-corrected chi connectivity index (χ3v) is 11.2. The van der Waals surface area contributed by atoms with Crippen molar-refractivity contribution >= 4 is 39.8 Å². The van der Waals surface area contributed by atoms with Crippen LogP contribution < -0.4 is 14.7 Å². The number of para-hydroxylation sites is 3. The molecule has 6 aromatic rings. The van der Waals surface area contributed by atoms with Crippen LogP contribution in [-0.2, 0) is 5.41 Å². The zero-order chi connectivity index (χ0) is 35.7. The van der Waals surface area contributed by atoms with E-state index in [2.05, 4.69) is 202 Å². The number of aryl methyl sites for hydroxylation is 4. The highest BCUT2D eigenvalue weighted by molar-refractivity contribution is 5.89. The number of benzene rings is 6. The average Bonchev–Trinajstić information content (AvgIpc) is 3.45. The van der Waals surface area contributed by atoms with Gasteiger partial charge in [-0.2, -0.15) is 0 Å². The van der Waals surface area contributed by atoms with E-state index < -0.39 is 0 Å². The molecule has 0 saturated carbocycles. The molecular formula is C49H45N3. The van der Waals surface area contributed by atoms with Crippen molar-refractivity contribution in [3.8, 4) is 0 Å². The van der Waals surface area contributed by atoms with Gasteiger partial charge in [0.2, 0.25) is 0 Å². The molecule has 0 spiro atoms. The Labute approximate surface area is 308 Å². The molecule has 256 valence electrons. The van der Waals surface area contributed by atoms with Crippen molar-refractivity contribution in [3.63, 3.8) is 0 Å². The summed E-state index contributed by atoms with van der Waals surface area (Å²) in [4.78, 5) is 7.52. The van der Waals surface area contributed by atoms with Crippen LogP contribution >= 0.6 is 0 Å². The molecule has 1 aliphatic carbocycles. The van der Waals surface area contributed by atoms with E-state index in [1.54, 1.807) is 0 Å². The summed E-state index contributed by atoms with van der Waals surface area (Å²) in [5.74, 6) is 0.187. The van der Waals surface area contributed by atoms with Gasteiger partial charge in [0.25, 0.3) is 0 Å². The fraction of sp³-hybridized carbons (Fsp3) is 0.184. The summed E-state index contributed by atoms with van der Waals surface area (Å²) in [5, 5.41) is 0. The standard InChI is InChI=1S/C49H45N3/c1-32-23-33(2)26-39(25-32)50(36-15-9-7-10-16-36)38-21-22-46-42(29-38)43-30-41(31-45-48(43)52(46)47-20-14-13-19-44(47)49(45,5)6)51(37-17-11-8-12-18-37)40-27-34(3)24-35(4)28-40/h7-29,31,43H,30H2,1-6H3. The molecule has 0 bridgehead atoms. The maximum absolute atomic E-state index is 2.58. The van der Waals surface area contributed by atoms with Crippen LogP contribution in [0.4, 0.5) is 39.8 Å². The third-order valence-electron chi connectivity index (χ3n) is 11.2. The third kappa shape index (κ3) is 5.18. The molecule has 9 rings (SSSR count). The van der Waals surface area contributed by atoms with E-state index in [1.807, 2.05) is 0 Å². The highest BCUT2D eigenvalue weighted by Gasteiger charge is 2.48. The largest absolute Gasteiger partial charge is 0.314 e. The van der Waals surface area contributed by atoms with Gasteiger partial charge in [0.1, 0.15) is 0 Å². The van der Waals surface area contributed by atoms with Crippen LogP contribution in [-0.4, -0.2) is 0 Å². The number of hydrogen-bond donors (Lipinski definition) is 0. The minimum Gasteiger partial charge on any atom is -0.314 e. The normalized spacial score (nSPS) is 16.5. The second kappa shape index (κ2) is 12.2. The van der Waals surface area contributed by atoms with Gasteiger partial charge in [0, 0.05) is 69.0 Å². The van der Waals surface area contributed by atoms with E-state index in [0.717, 1.165) is 12.1 Å². The quantitative estimate of drug-likeness (QED) is 0.174. The topological polar surface area (TPSA) is 9.72 Å². The van der Waals surface area contributed by atoms with Crippen LogP contribution in [0, 0.1) is 27.7 Å². The molecule has 1 atom stereocenters. The molecule has 3 nitrogen and oxygen atoms in total. The van der Waals surface area contributed by atoms with Gasteiger partial charge in [-0.1, -0.05) is 80.6 Å². The Morgan fingerprint density at radius 2 is 1.06 bits per heavy atom. The van der Waals surface area contributed by atoms with E-state index in [-0.39, 0.29) is 11.3 Å². The molecule has 0 aromatic heterocycles. The molecule has 2 heterocycles. The zero-order valence-corrected chi connectivity index (χ0v) is 31.0. The first-order valence-corrected chi connectivity index (χ1v) is 18.5. The number of fused-ring (bicyclic) bond motifs is 5. The Balaban J connectivity index is 1.27. The summed E-state index contributed by atoms with van der Waals surface area (Å²) in [6, 6.07) is 51.8. The summed E-state index contributed by atoms with van der Waals surface area (Å²) in [7, 11) is 0. The molecule has 0 amide bonds. The van der Waals surface area contributed by atoms with Crippen LogP contribution in [0.3, 0.4) is 0 Å². The lowest BCUT2D eigenvalue weighted by molar-refractivity contribution is 0.590. The Morgan fingerprint density at radius 1 is 0.519 bits per heavy atom. The van der Waals surface area contributed by atoms with E-state index in [4.69, 9.17) is 0 Å². The maximum atomic E-state index is 2.58. The van der Waals surface area contributed by atoms with Gasteiger partial charge in [0.15, 0.2) is 0 Å². The van der Waals surface area contributed by atoms with Crippen molar-refractivity contribution in [2.24, 2.45) is 0 Å². The number of nitrogens with zero attached hydrogens (tertiary/aromatic N) is 3. The summed E-state index contributed by atoms with van der Waals surface area (Å²) in [6.07, 6.45) is 3.42. The lowest BCUT2D eigenvalue weighted by Crippen LogP contribution is -2.36. The molecule has 3 heteroatoms. The van der Waals surface area contributed by atoms with E-state index in [9.17, 15) is 0 Å². The second-order valence-electron chi connectivity index (χ2n) is 15.4. The summed E-state index contributed by atoms with van der Waals surface area (Å²) < 4.78 is 0. The van der Waals surface area contributed by atoms with Gasteiger partial charge >= 0.3 is 0 Å². The highest BCUT2D eigenvalue weighted by Crippen LogP contribution is 2.61. The molecular weight excluding hydrogens is 631 g/mol. The van der Waals surface area contributed by atoms with Gasteiger partial charge in [0.05, 0.1) is 0 Å². The van der Waals surface area contributed by atoms with Crippen molar-refractivity contribution in [3.05, 3.63) is 196 Å². The minimum absolute atomic E-state index is 0.183. The monoisotopic (exact) mass is 675 g/mol. The van der Waals surface area contributed by atoms with Crippen LogP contribution in [0.5, 0.6) is 0 Å². The van der Waals surface area contributed by atoms with Crippen molar-refractivity contribution in [1.82, 2.24) is 0 Å². The molecule has 0 N–H and O–H groups in total. The second-order valence-corrected chi connectivity index (χ2v) is 15.4. The molecule has 1 unspecified atom stereocenters. The summed E-state index contributed by atoms with van der Waals surface area (Å²) >= 11 is 0. The maximum Gasteiger partial charge on any atom is 0.0499 e. The van der Waals surface area contributed by atoms with Crippen molar-refractivity contribution in [2.75, 3.05) is 14.7 Å². The van der Waals surface area contributed by atoms with Crippen LogP contribution in [0.1, 0.15) is 59.6 Å². The Bertz CT molecular complexity index is 2380. The number of anilines is 7. The summed E-state index contributed by atoms with van der Waals surface area (Å²) in [6.45, 7) is 13.6. The zero-order valence-electron chi connectivity index (χ0n) is 31.0. The lowest BCUT2D eigenvalue weighted by atomic mass is 9.69. The molecule has 6 aromatic carbocycles. The van der Waals surface area contributed by atoms with E-state index >= 15 is 0 Å². The molecule has 3 aliphatic rings. The van der Waals surface area contributed by atoms with Crippen molar-refractivity contribution in [1.29, 1.82) is 0 Å². The first-order valence-electron chi connectivity index (χ1n) is 18.5. The Kier molecular flexibility index (Phi) is 7.52. The van der Waals surface area contributed by atoms with Gasteiger partial charge < -0.3 is 14.7 Å². The van der Waals surface area contributed by atoms with Gasteiger partial charge in [-0.05, 0) is 146 Å². The van der Waals surface area contributed by atoms with Gasteiger partial charge in [-0.15, -0.1) is 0 Å². The fourth-order valence-corrected chi connectivity index (χ4v) is 9.12.